The third-order valence-corrected chi connectivity index (χ3v) is 14.3. The van der Waals surface area contributed by atoms with E-state index in [1.807, 2.05) is 0 Å². The van der Waals surface area contributed by atoms with Gasteiger partial charge in [0, 0.05) is 32.1 Å². The fourth-order valence-corrected chi connectivity index (χ4v) is 14.0. The molecule has 0 aromatic heterocycles. The molecule has 0 amide bonds. The van der Waals surface area contributed by atoms with Gasteiger partial charge in [0.1, 0.15) is 7.91 Å². The van der Waals surface area contributed by atoms with Crippen LogP contribution < -0.4 is 19.9 Å². The van der Waals surface area contributed by atoms with Crippen molar-refractivity contribution in [3.63, 3.8) is 0 Å². The van der Waals surface area contributed by atoms with Crippen molar-refractivity contribution in [1.29, 1.82) is 0 Å². The number of nitrogens with zero attached hydrogens (tertiary/aromatic N) is 2. The maximum Gasteiger partial charge on any atom is 0.130 e. The summed E-state index contributed by atoms with van der Waals surface area (Å²) in [5.41, 5.74) is 11.1. The number of hydrogen-bond acceptors (Lipinski definition) is 2. The van der Waals surface area contributed by atoms with Gasteiger partial charge in [-0.05, 0) is 74.4 Å². The van der Waals surface area contributed by atoms with Crippen molar-refractivity contribution in [2.24, 2.45) is 0 Å². The van der Waals surface area contributed by atoms with Crippen LogP contribution in [0.1, 0.15) is 33.4 Å². The lowest BCUT2D eigenvalue weighted by atomic mass is 10.0. The van der Waals surface area contributed by atoms with Crippen LogP contribution in [0.15, 0.2) is 84.9 Å². The lowest BCUT2D eigenvalue weighted by Crippen LogP contribution is -2.23. The number of anilines is 2. The van der Waals surface area contributed by atoms with E-state index in [1.54, 1.807) is 0 Å². The zero-order valence-electron chi connectivity index (χ0n) is 22.3. The fourth-order valence-electron chi connectivity index (χ4n) is 5.77. The Hall–Kier alpha value is -2.66. The van der Waals surface area contributed by atoms with E-state index in [-0.39, 0.29) is 0 Å². The van der Waals surface area contributed by atoms with Crippen molar-refractivity contribution in [1.82, 2.24) is 0 Å². The van der Waals surface area contributed by atoms with E-state index in [2.05, 4.69) is 136 Å². The number of hydrogen-bond donors (Lipinski definition) is 0. The number of rotatable bonds is 5. The van der Waals surface area contributed by atoms with Gasteiger partial charge in [0.15, 0.2) is 0 Å². The Bertz CT molecular complexity index is 1220. The molecule has 0 N–H and O–H groups in total. The Balaban J connectivity index is 1.76. The summed E-state index contributed by atoms with van der Waals surface area (Å²) >= 11 is 0. The third kappa shape index (κ3) is 4.70. The van der Waals surface area contributed by atoms with E-state index >= 15 is 0 Å². The SMILES string of the molecule is Cc1cc(C)c(N2CCN(c3c(C)cc(C)cc3C)P2P(c2ccccc2)c2ccccc2)c(C)c1. The zero-order chi connectivity index (χ0) is 25.4. The third-order valence-electron chi connectivity index (χ3n) is 6.92. The second-order valence-electron chi connectivity index (χ2n) is 9.99. The largest absolute Gasteiger partial charge is 0.328 e. The second-order valence-corrected chi connectivity index (χ2v) is 15.4. The molecule has 184 valence electrons. The second kappa shape index (κ2) is 10.4. The van der Waals surface area contributed by atoms with Crippen LogP contribution in [-0.4, -0.2) is 13.1 Å². The van der Waals surface area contributed by atoms with E-state index in [0.29, 0.717) is 0 Å². The minimum absolute atomic E-state index is 0.626. The highest BCUT2D eigenvalue weighted by atomic mass is 32.1. The van der Waals surface area contributed by atoms with Gasteiger partial charge >= 0.3 is 0 Å². The predicted molar refractivity (Wildman–Crippen MR) is 162 cm³/mol. The Labute approximate surface area is 219 Å². The van der Waals surface area contributed by atoms with Gasteiger partial charge in [-0.1, -0.05) is 96.1 Å². The first-order valence-corrected chi connectivity index (χ1v) is 16.1. The number of benzene rings is 4. The zero-order valence-corrected chi connectivity index (χ0v) is 24.1. The van der Waals surface area contributed by atoms with E-state index in [4.69, 9.17) is 0 Å². The Morgan fingerprint density at radius 2 is 0.861 bits per heavy atom. The molecule has 4 aromatic carbocycles. The minimum Gasteiger partial charge on any atom is -0.328 e. The van der Waals surface area contributed by atoms with Crippen molar-refractivity contribution < 1.29 is 0 Å². The van der Waals surface area contributed by atoms with Crippen molar-refractivity contribution in [2.75, 3.05) is 22.4 Å². The van der Waals surface area contributed by atoms with Crippen molar-refractivity contribution in [3.8, 4) is 0 Å². The summed E-state index contributed by atoms with van der Waals surface area (Å²) in [5, 5.41) is 2.90. The molecule has 0 saturated carbocycles. The van der Waals surface area contributed by atoms with Crippen LogP contribution in [0.4, 0.5) is 11.4 Å². The van der Waals surface area contributed by atoms with Gasteiger partial charge in [0.2, 0.25) is 0 Å². The Kier molecular flexibility index (Phi) is 7.21. The highest BCUT2D eigenvalue weighted by molar-refractivity contribution is 8.37. The predicted octanol–water partition coefficient (Wildman–Crippen LogP) is 8.22. The molecule has 1 saturated heterocycles. The molecule has 36 heavy (non-hydrogen) atoms. The summed E-state index contributed by atoms with van der Waals surface area (Å²) in [4.78, 5) is 0. The molecule has 4 heteroatoms. The lowest BCUT2D eigenvalue weighted by molar-refractivity contribution is 1.01. The molecule has 0 unspecified atom stereocenters. The van der Waals surface area contributed by atoms with Gasteiger partial charge in [-0.15, -0.1) is 0 Å². The normalized spacial score (nSPS) is 14.2. The van der Waals surface area contributed by atoms with Gasteiger partial charge in [0.05, 0.1) is 0 Å². The van der Waals surface area contributed by atoms with Crippen LogP contribution in [0.25, 0.3) is 0 Å². The molecule has 0 radical (unpaired) electrons. The summed E-state index contributed by atoms with van der Waals surface area (Å²) in [6, 6.07) is 31.9. The Morgan fingerprint density at radius 3 is 1.19 bits per heavy atom. The van der Waals surface area contributed by atoms with Crippen LogP contribution in [0.2, 0.25) is 0 Å². The minimum atomic E-state index is -0.693. The lowest BCUT2D eigenvalue weighted by Gasteiger charge is -2.40. The smallest absolute Gasteiger partial charge is 0.130 e. The first-order valence-electron chi connectivity index (χ1n) is 12.8. The molecule has 1 aliphatic heterocycles. The van der Waals surface area contributed by atoms with Crippen LogP contribution in [0, 0.1) is 41.5 Å². The molecule has 4 aromatic rings. The molecule has 0 bridgehead atoms. The van der Waals surface area contributed by atoms with Gasteiger partial charge in [-0.25, -0.2) is 0 Å². The highest BCUT2D eigenvalue weighted by Crippen LogP contribution is 2.75. The van der Waals surface area contributed by atoms with Crippen molar-refractivity contribution in [2.45, 2.75) is 41.5 Å². The molecular formula is C32H36N2P2. The molecular weight excluding hydrogens is 474 g/mol. The molecule has 0 atom stereocenters. The van der Waals surface area contributed by atoms with Gasteiger partial charge < -0.3 is 9.34 Å². The van der Waals surface area contributed by atoms with Crippen LogP contribution >= 0.6 is 15.5 Å². The first kappa shape index (κ1) is 25.0. The summed E-state index contributed by atoms with van der Waals surface area (Å²) in [7, 11) is -1.32. The standard InChI is InChI=1S/C32H36N2P2/c1-23-19-25(3)31(26(4)20-23)33-17-18-34(32-27(5)21-24(2)22-28(32)6)36(33)35(29-13-9-7-10-14-29)30-15-11-8-12-16-30/h7-16,19-22H,17-18H2,1-6H3. The van der Waals surface area contributed by atoms with Gasteiger partial charge in [-0.2, -0.15) is 0 Å². The van der Waals surface area contributed by atoms with Gasteiger partial charge in [0.25, 0.3) is 0 Å². The molecule has 5 rings (SSSR count). The topological polar surface area (TPSA) is 6.48 Å². The summed E-state index contributed by atoms with van der Waals surface area (Å²) in [6.45, 7) is 15.7. The molecule has 1 fully saturated rings. The van der Waals surface area contributed by atoms with Crippen molar-refractivity contribution in [3.05, 3.63) is 118 Å². The quantitative estimate of drug-likeness (QED) is 0.250. The molecule has 0 aliphatic carbocycles. The van der Waals surface area contributed by atoms with Crippen molar-refractivity contribution >= 4 is 37.5 Å². The summed E-state index contributed by atoms with van der Waals surface area (Å²) in [6.07, 6.45) is 0. The molecule has 2 nitrogen and oxygen atoms in total. The highest BCUT2D eigenvalue weighted by Gasteiger charge is 2.42. The van der Waals surface area contributed by atoms with Crippen LogP contribution in [-0.2, 0) is 0 Å². The van der Waals surface area contributed by atoms with E-state index in [9.17, 15) is 0 Å². The molecule has 0 spiro atoms. The van der Waals surface area contributed by atoms with Crippen LogP contribution in [0.5, 0.6) is 0 Å². The van der Waals surface area contributed by atoms with E-state index in [0.717, 1.165) is 13.1 Å². The first-order chi connectivity index (χ1) is 17.3. The Morgan fingerprint density at radius 1 is 0.528 bits per heavy atom. The van der Waals surface area contributed by atoms with Gasteiger partial charge in [-0.3, -0.25) is 0 Å². The molecule has 1 aliphatic rings. The maximum absolute atomic E-state index is 2.78. The maximum atomic E-state index is 2.78. The number of aryl methyl sites for hydroxylation is 6. The average Bonchev–Trinajstić information content (AvgIpc) is 3.23. The summed E-state index contributed by atoms with van der Waals surface area (Å²) in [5.74, 6) is 0. The fraction of sp³-hybridized carbons (Fsp3) is 0.250. The van der Waals surface area contributed by atoms with E-state index in [1.165, 1.54) is 55.4 Å². The summed E-state index contributed by atoms with van der Waals surface area (Å²) < 4.78 is 5.56. The monoisotopic (exact) mass is 510 g/mol. The molecule has 1 heterocycles. The van der Waals surface area contributed by atoms with Crippen LogP contribution in [0.3, 0.4) is 0 Å². The average molecular weight is 511 g/mol. The van der Waals surface area contributed by atoms with E-state index < -0.39 is 15.5 Å².